The number of rotatable bonds is 4. The van der Waals surface area contributed by atoms with Crippen LogP contribution in [-0.2, 0) is 0 Å². The van der Waals surface area contributed by atoms with Crippen molar-refractivity contribution in [2.75, 3.05) is 5.32 Å². The summed E-state index contributed by atoms with van der Waals surface area (Å²) in [5.74, 6) is -0.390. The summed E-state index contributed by atoms with van der Waals surface area (Å²) in [6.07, 6.45) is 0. The number of hydrogen-bond donors (Lipinski definition) is 1. The zero-order valence-corrected chi connectivity index (χ0v) is 14.4. The number of benzene rings is 2. The average Bonchev–Trinajstić information content (AvgIpc) is 2.96. The van der Waals surface area contributed by atoms with Crippen LogP contribution in [0.1, 0.15) is 10.4 Å². The van der Waals surface area contributed by atoms with Gasteiger partial charge in [-0.15, -0.1) is 0 Å². The lowest BCUT2D eigenvalue weighted by Crippen LogP contribution is -2.12. The predicted molar refractivity (Wildman–Crippen MR) is 95.1 cm³/mol. The van der Waals surface area contributed by atoms with E-state index in [1.165, 1.54) is 0 Å². The fourth-order valence-corrected chi connectivity index (χ4v) is 3.46. The molecule has 0 aliphatic rings. The molecule has 6 nitrogen and oxygen atoms in total. The van der Waals surface area contributed by atoms with Crippen molar-refractivity contribution in [3.63, 3.8) is 0 Å². The van der Waals surface area contributed by atoms with Crippen LogP contribution in [0.5, 0.6) is 0 Å². The minimum absolute atomic E-state index is 0.0949. The van der Waals surface area contributed by atoms with Gasteiger partial charge in [0.2, 0.25) is 0 Å². The topological polar surface area (TPSA) is 85.1 Å². The molecule has 8 heteroatoms. The quantitative estimate of drug-likeness (QED) is 0.512. The molecule has 3 aromatic rings. The first kappa shape index (κ1) is 16.3. The maximum Gasteiger partial charge on any atom is 0.360 e. The minimum Gasteiger partial charge on any atom is -0.298 e. The molecular weight excluding hydrogens is 394 g/mol. The Kier molecular flexibility index (Phi) is 4.68. The van der Waals surface area contributed by atoms with Crippen molar-refractivity contribution in [1.82, 2.24) is 4.98 Å². The molecule has 0 saturated heterocycles. The summed E-state index contributed by atoms with van der Waals surface area (Å²) >= 11 is 3.81. The summed E-state index contributed by atoms with van der Waals surface area (Å²) in [7, 11) is 0. The van der Waals surface area contributed by atoms with Crippen LogP contribution >= 0.6 is 27.3 Å². The van der Waals surface area contributed by atoms with Gasteiger partial charge in [-0.2, -0.15) is 0 Å². The summed E-state index contributed by atoms with van der Waals surface area (Å²) in [5, 5.41) is 13.5. The summed E-state index contributed by atoms with van der Waals surface area (Å²) in [5.41, 5.74) is 2.04. The van der Waals surface area contributed by atoms with Crippen molar-refractivity contribution in [3.8, 4) is 11.1 Å². The summed E-state index contributed by atoms with van der Waals surface area (Å²) in [6, 6.07) is 17.4. The van der Waals surface area contributed by atoms with Gasteiger partial charge in [0.15, 0.2) is 9.73 Å². The van der Waals surface area contributed by atoms with Gasteiger partial charge in [0.25, 0.3) is 5.91 Å². The lowest BCUT2D eigenvalue weighted by Gasteiger charge is -2.08. The van der Waals surface area contributed by atoms with Crippen LogP contribution in [0.3, 0.4) is 0 Å². The standard InChI is InChI=1S/C16H9BrN3O3S/c17-13-15(20(22)23)24-16(18-13)19-14(21)12-9-5-4-8-11(12)10-6-2-1-3-7-10/h1-3,5-9H,(H,18,19,21). The van der Waals surface area contributed by atoms with E-state index in [-0.39, 0.29) is 20.6 Å². The Bertz CT molecular complexity index is 912. The molecule has 24 heavy (non-hydrogen) atoms. The second-order valence-corrected chi connectivity index (χ2v) is 6.39. The van der Waals surface area contributed by atoms with Gasteiger partial charge in [-0.05, 0) is 56.6 Å². The first-order valence-electron chi connectivity index (χ1n) is 6.74. The molecule has 1 aromatic heterocycles. The smallest absolute Gasteiger partial charge is 0.298 e. The normalized spacial score (nSPS) is 10.4. The minimum atomic E-state index is -0.551. The zero-order valence-electron chi connectivity index (χ0n) is 12.0. The monoisotopic (exact) mass is 402 g/mol. The number of thiazole rings is 1. The van der Waals surface area contributed by atoms with Gasteiger partial charge in [-0.3, -0.25) is 20.2 Å². The van der Waals surface area contributed by atoms with Crippen molar-refractivity contribution in [1.29, 1.82) is 0 Å². The number of anilines is 1. The number of amides is 1. The van der Waals surface area contributed by atoms with E-state index >= 15 is 0 Å². The molecule has 0 fully saturated rings. The molecule has 2 aromatic carbocycles. The SMILES string of the molecule is O=C(Nc1nc(Br)c([N+](=O)[O-])s1)c1cc[c]cc1-c1ccccc1. The number of nitrogens with one attached hydrogen (secondary N) is 1. The Morgan fingerprint density at radius 1 is 1.29 bits per heavy atom. The van der Waals surface area contributed by atoms with Crippen LogP contribution in [0.15, 0.2) is 53.1 Å². The molecule has 119 valence electrons. The number of carbonyl (C=O) groups is 1. The number of carbonyl (C=O) groups excluding carboxylic acids is 1. The van der Waals surface area contributed by atoms with Crippen molar-refractivity contribution in [2.45, 2.75) is 0 Å². The molecule has 0 unspecified atom stereocenters. The molecule has 1 heterocycles. The van der Waals surface area contributed by atoms with Crippen LogP contribution in [-0.4, -0.2) is 15.8 Å². The second-order valence-electron chi connectivity index (χ2n) is 4.66. The molecule has 0 aliphatic heterocycles. The van der Waals surface area contributed by atoms with E-state index in [1.54, 1.807) is 18.2 Å². The van der Waals surface area contributed by atoms with Gasteiger partial charge in [0.1, 0.15) is 0 Å². The third-order valence-electron chi connectivity index (χ3n) is 3.15. The fourth-order valence-electron chi connectivity index (χ4n) is 2.11. The number of nitro groups is 1. The highest BCUT2D eigenvalue weighted by Crippen LogP contribution is 2.34. The number of hydrogen-bond acceptors (Lipinski definition) is 5. The molecular formula is C16H9BrN3O3S. The Hall–Kier alpha value is -2.58. The molecule has 3 rings (SSSR count). The average molecular weight is 403 g/mol. The van der Waals surface area contributed by atoms with Gasteiger partial charge >= 0.3 is 5.00 Å². The lowest BCUT2D eigenvalue weighted by molar-refractivity contribution is -0.381. The summed E-state index contributed by atoms with van der Waals surface area (Å²) < 4.78 is 0.0949. The van der Waals surface area contributed by atoms with Crippen LogP contribution in [0.4, 0.5) is 10.1 Å². The van der Waals surface area contributed by atoms with Crippen LogP contribution < -0.4 is 5.32 Å². The van der Waals surface area contributed by atoms with E-state index < -0.39 is 4.92 Å². The molecule has 1 N–H and O–H groups in total. The van der Waals surface area contributed by atoms with E-state index in [0.717, 1.165) is 22.5 Å². The Morgan fingerprint density at radius 3 is 2.71 bits per heavy atom. The molecule has 0 atom stereocenters. The van der Waals surface area contributed by atoms with Crippen LogP contribution in [0, 0.1) is 16.2 Å². The molecule has 0 spiro atoms. The number of aromatic nitrogens is 1. The fraction of sp³-hybridized carbons (Fsp3) is 0. The van der Waals surface area contributed by atoms with E-state index in [4.69, 9.17) is 0 Å². The summed E-state index contributed by atoms with van der Waals surface area (Å²) in [6.45, 7) is 0. The first-order chi connectivity index (χ1) is 11.6. The molecule has 1 radical (unpaired) electrons. The maximum atomic E-state index is 12.6. The lowest BCUT2D eigenvalue weighted by atomic mass is 9.99. The molecule has 0 bridgehead atoms. The Labute approximate surface area is 149 Å². The molecule has 0 aliphatic carbocycles. The van der Waals surface area contributed by atoms with Crippen molar-refractivity contribution >= 4 is 43.3 Å². The number of nitrogens with zero attached hydrogens (tertiary/aromatic N) is 2. The van der Waals surface area contributed by atoms with E-state index in [0.29, 0.717) is 5.56 Å². The molecule has 1 amide bonds. The van der Waals surface area contributed by atoms with Crippen molar-refractivity contribution in [3.05, 3.63) is 74.9 Å². The first-order valence-corrected chi connectivity index (χ1v) is 8.35. The van der Waals surface area contributed by atoms with Crippen molar-refractivity contribution in [2.24, 2.45) is 0 Å². The largest absolute Gasteiger partial charge is 0.360 e. The highest BCUT2D eigenvalue weighted by atomic mass is 79.9. The van der Waals surface area contributed by atoms with Crippen LogP contribution in [0.2, 0.25) is 0 Å². The summed E-state index contributed by atoms with van der Waals surface area (Å²) in [4.78, 5) is 26.8. The van der Waals surface area contributed by atoms with E-state index in [1.807, 2.05) is 30.3 Å². The van der Waals surface area contributed by atoms with E-state index in [9.17, 15) is 14.9 Å². The third kappa shape index (κ3) is 3.34. The second kappa shape index (κ2) is 6.90. The predicted octanol–water partition coefficient (Wildman–Crippen LogP) is 4.53. The van der Waals surface area contributed by atoms with Gasteiger partial charge in [-0.25, -0.2) is 4.98 Å². The Balaban J connectivity index is 1.91. The Morgan fingerprint density at radius 2 is 2.04 bits per heavy atom. The van der Waals surface area contributed by atoms with Gasteiger partial charge in [0.05, 0.1) is 4.92 Å². The zero-order chi connectivity index (χ0) is 17.1. The molecule has 0 saturated carbocycles. The van der Waals surface area contributed by atoms with Gasteiger partial charge < -0.3 is 0 Å². The maximum absolute atomic E-state index is 12.6. The van der Waals surface area contributed by atoms with E-state index in [2.05, 4.69) is 32.3 Å². The van der Waals surface area contributed by atoms with Gasteiger partial charge in [0, 0.05) is 5.56 Å². The highest BCUT2D eigenvalue weighted by molar-refractivity contribution is 9.10. The van der Waals surface area contributed by atoms with Crippen LogP contribution in [0.25, 0.3) is 11.1 Å². The van der Waals surface area contributed by atoms with Crippen molar-refractivity contribution < 1.29 is 9.72 Å². The third-order valence-corrected chi connectivity index (χ3v) is 4.89. The number of halogens is 1. The highest BCUT2D eigenvalue weighted by Gasteiger charge is 2.21. The van der Waals surface area contributed by atoms with Gasteiger partial charge in [-0.1, -0.05) is 36.4 Å².